The van der Waals surface area contributed by atoms with Crippen molar-refractivity contribution in [2.75, 3.05) is 11.9 Å². The minimum absolute atomic E-state index is 0.363. The van der Waals surface area contributed by atoms with Gasteiger partial charge in [0.2, 0.25) is 0 Å². The summed E-state index contributed by atoms with van der Waals surface area (Å²) >= 11 is 3.27. The molecule has 0 heterocycles. The number of carbonyl (C=O) groups is 2. The molecule has 0 bridgehead atoms. The van der Waals surface area contributed by atoms with Gasteiger partial charge in [-0.25, -0.2) is 4.79 Å². The Bertz CT molecular complexity index is 736. The molecule has 0 aliphatic carbocycles. The Kier molecular flexibility index (Phi) is 5.28. The number of benzene rings is 2. The van der Waals surface area contributed by atoms with Crippen LogP contribution in [0.2, 0.25) is 0 Å². The molecule has 2 rings (SSSR count). The third-order valence-corrected chi connectivity index (χ3v) is 3.22. The molecule has 0 saturated heterocycles. The molecule has 0 atom stereocenters. The number of esters is 1. The van der Waals surface area contributed by atoms with E-state index in [0.717, 1.165) is 4.47 Å². The number of rotatable bonds is 4. The van der Waals surface area contributed by atoms with Crippen LogP contribution in [0.5, 0.6) is 0 Å². The molecule has 22 heavy (non-hydrogen) atoms. The second kappa shape index (κ2) is 7.38. The fourth-order valence-corrected chi connectivity index (χ4v) is 1.93. The highest BCUT2D eigenvalue weighted by Gasteiger charge is 2.10. The molecule has 5 nitrogen and oxygen atoms in total. The summed E-state index contributed by atoms with van der Waals surface area (Å²) in [5, 5.41) is 11.3. The van der Waals surface area contributed by atoms with Gasteiger partial charge in [0.25, 0.3) is 5.91 Å². The van der Waals surface area contributed by atoms with Crippen molar-refractivity contribution in [3.8, 4) is 6.07 Å². The van der Waals surface area contributed by atoms with Crippen molar-refractivity contribution in [2.24, 2.45) is 0 Å². The third kappa shape index (κ3) is 4.43. The number of anilines is 1. The quantitative estimate of drug-likeness (QED) is 0.851. The molecular formula is C16H11BrN2O3. The number of hydrogen-bond acceptors (Lipinski definition) is 4. The van der Waals surface area contributed by atoms with Crippen molar-refractivity contribution in [3.05, 3.63) is 64.1 Å². The van der Waals surface area contributed by atoms with Crippen LogP contribution in [0.1, 0.15) is 15.9 Å². The Morgan fingerprint density at radius 2 is 1.91 bits per heavy atom. The first kappa shape index (κ1) is 15.7. The fraction of sp³-hybridized carbons (Fsp3) is 0.0625. The highest BCUT2D eigenvalue weighted by Crippen LogP contribution is 2.12. The first-order valence-corrected chi connectivity index (χ1v) is 7.10. The van der Waals surface area contributed by atoms with E-state index in [-0.39, 0.29) is 0 Å². The first-order chi connectivity index (χ1) is 10.6. The van der Waals surface area contributed by atoms with Crippen LogP contribution >= 0.6 is 15.9 Å². The van der Waals surface area contributed by atoms with E-state index >= 15 is 0 Å². The van der Waals surface area contributed by atoms with Crippen LogP contribution in [0.3, 0.4) is 0 Å². The van der Waals surface area contributed by atoms with Gasteiger partial charge >= 0.3 is 5.97 Å². The van der Waals surface area contributed by atoms with E-state index in [1.807, 2.05) is 6.07 Å². The highest BCUT2D eigenvalue weighted by molar-refractivity contribution is 9.10. The summed E-state index contributed by atoms with van der Waals surface area (Å²) in [5.74, 6) is -1.05. The van der Waals surface area contributed by atoms with E-state index in [2.05, 4.69) is 21.2 Å². The zero-order valence-corrected chi connectivity index (χ0v) is 13.0. The lowest BCUT2D eigenvalue weighted by atomic mass is 10.2. The van der Waals surface area contributed by atoms with E-state index in [1.54, 1.807) is 42.5 Å². The number of nitriles is 1. The Morgan fingerprint density at radius 1 is 1.18 bits per heavy atom. The number of ether oxygens (including phenoxy) is 1. The summed E-state index contributed by atoms with van der Waals surface area (Å²) in [7, 11) is 0. The van der Waals surface area contributed by atoms with Crippen molar-refractivity contribution < 1.29 is 14.3 Å². The molecule has 0 spiro atoms. The zero-order chi connectivity index (χ0) is 15.9. The van der Waals surface area contributed by atoms with Crippen molar-refractivity contribution in [1.82, 2.24) is 0 Å². The average molecular weight is 359 g/mol. The van der Waals surface area contributed by atoms with Gasteiger partial charge in [-0.15, -0.1) is 0 Å². The van der Waals surface area contributed by atoms with Crippen LogP contribution in [0.4, 0.5) is 5.69 Å². The Hall–Kier alpha value is -2.65. The normalized spacial score (nSPS) is 9.64. The Labute approximate surface area is 135 Å². The minimum Gasteiger partial charge on any atom is -0.452 e. The number of halogens is 1. The van der Waals surface area contributed by atoms with Gasteiger partial charge < -0.3 is 10.1 Å². The molecule has 0 unspecified atom stereocenters. The molecule has 2 aromatic carbocycles. The van der Waals surface area contributed by atoms with Crippen LogP contribution in [0.25, 0.3) is 0 Å². The van der Waals surface area contributed by atoms with E-state index in [1.165, 1.54) is 6.07 Å². The number of nitrogens with one attached hydrogen (secondary N) is 1. The maximum Gasteiger partial charge on any atom is 0.338 e. The lowest BCUT2D eigenvalue weighted by molar-refractivity contribution is -0.119. The number of carbonyl (C=O) groups excluding carboxylic acids is 2. The molecule has 1 N–H and O–H groups in total. The predicted octanol–water partition coefficient (Wildman–Crippen LogP) is 3.12. The van der Waals surface area contributed by atoms with Gasteiger partial charge in [-0.1, -0.05) is 22.0 Å². The Balaban J connectivity index is 1.88. The molecule has 1 amide bonds. The minimum atomic E-state index is -0.576. The van der Waals surface area contributed by atoms with Gasteiger partial charge in [0, 0.05) is 10.2 Å². The highest BCUT2D eigenvalue weighted by atomic mass is 79.9. The van der Waals surface area contributed by atoms with Crippen molar-refractivity contribution in [2.45, 2.75) is 0 Å². The summed E-state index contributed by atoms with van der Waals surface area (Å²) in [4.78, 5) is 23.5. The van der Waals surface area contributed by atoms with Crippen LogP contribution < -0.4 is 5.32 Å². The largest absolute Gasteiger partial charge is 0.452 e. The maximum absolute atomic E-state index is 11.8. The molecule has 2 aromatic rings. The van der Waals surface area contributed by atoms with Gasteiger partial charge in [-0.05, 0) is 42.5 Å². The molecule has 0 aromatic heterocycles. The molecule has 0 fully saturated rings. The smallest absolute Gasteiger partial charge is 0.338 e. The van der Waals surface area contributed by atoms with E-state index in [0.29, 0.717) is 16.8 Å². The van der Waals surface area contributed by atoms with Crippen LogP contribution in [-0.2, 0) is 9.53 Å². The SMILES string of the molecule is N#Cc1cccc(NC(=O)COC(=O)c2ccc(Br)cc2)c1. The summed E-state index contributed by atoms with van der Waals surface area (Å²) in [5.41, 5.74) is 1.27. The van der Waals surface area contributed by atoms with Gasteiger partial charge in [-0.3, -0.25) is 4.79 Å². The average Bonchev–Trinajstić information content (AvgIpc) is 2.53. The lowest BCUT2D eigenvalue weighted by Gasteiger charge is -2.07. The third-order valence-electron chi connectivity index (χ3n) is 2.69. The summed E-state index contributed by atoms with van der Waals surface area (Å²) in [6, 6.07) is 15.1. The first-order valence-electron chi connectivity index (χ1n) is 6.31. The molecular weight excluding hydrogens is 348 g/mol. The number of amides is 1. The maximum atomic E-state index is 11.8. The van der Waals surface area contributed by atoms with Crippen LogP contribution in [0, 0.1) is 11.3 Å². The van der Waals surface area contributed by atoms with Crippen molar-refractivity contribution >= 4 is 33.5 Å². The summed E-state index contributed by atoms with van der Waals surface area (Å²) in [6.45, 7) is -0.397. The van der Waals surface area contributed by atoms with Crippen LogP contribution in [0.15, 0.2) is 53.0 Å². The molecule has 0 radical (unpaired) electrons. The Morgan fingerprint density at radius 3 is 2.59 bits per heavy atom. The van der Waals surface area contributed by atoms with Crippen LogP contribution in [-0.4, -0.2) is 18.5 Å². The standard InChI is InChI=1S/C16H11BrN2O3/c17-13-6-4-12(5-7-13)16(21)22-10-15(20)19-14-3-1-2-11(8-14)9-18/h1-8H,10H2,(H,19,20). The van der Waals surface area contributed by atoms with E-state index in [9.17, 15) is 9.59 Å². The van der Waals surface area contributed by atoms with Gasteiger partial charge in [0.05, 0.1) is 17.2 Å². The molecule has 0 aliphatic rings. The number of hydrogen-bond donors (Lipinski definition) is 1. The van der Waals surface area contributed by atoms with Crippen molar-refractivity contribution in [1.29, 1.82) is 5.26 Å². The molecule has 110 valence electrons. The summed E-state index contributed by atoms with van der Waals surface area (Å²) in [6.07, 6.45) is 0. The predicted molar refractivity (Wildman–Crippen MR) is 84.2 cm³/mol. The fourth-order valence-electron chi connectivity index (χ4n) is 1.66. The van der Waals surface area contributed by atoms with E-state index in [4.69, 9.17) is 10.00 Å². The lowest BCUT2D eigenvalue weighted by Crippen LogP contribution is -2.20. The second-order valence-corrected chi connectivity index (χ2v) is 5.24. The second-order valence-electron chi connectivity index (χ2n) is 4.32. The molecule has 0 saturated carbocycles. The van der Waals surface area contributed by atoms with Gasteiger partial charge in [0.15, 0.2) is 6.61 Å². The topological polar surface area (TPSA) is 79.2 Å². The molecule has 6 heteroatoms. The molecule has 0 aliphatic heterocycles. The van der Waals surface area contributed by atoms with Gasteiger partial charge in [0.1, 0.15) is 0 Å². The van der Waals surface area contributed by atoms with Gasteiger partial charge in [-0.2, -0.15) is 5.26 Å². The summed E-state index contributed by atoms with van der Waals surface area (Å²) < 4.78 is 5.77. The number of nitrogens with zero attached hydrogens (tertiary/aromatic N) is 1. The monoisotopic (exact) mass is 358 g/mol. The van der Waals surface area contributed by atoms with Crippen molar-refractivity contribution in [3.63, 3.8) is 0 Å². The van der Waals surface area contributed by atoms with E-state index < -0.39 is 18.5 Å². The zero-order valence-electron chi connectivity index (χ0n) is 11.4.